The van der Waals surface area contributed by atoms with Gasteiger partial charge in [-0.25, -0.2) is 0 Å². The lowest BCUT2D eigenvalue weighted by atomic mass is 9.77. The Kier molecular flexibility index (Phi) is 3.78. The molecule has 0 aliphatic heterocycles. The number of ketones is 1. The largest absolute Gasteiger partial charge is 0.384 e. The zero-order valence-corrected chi connectivity index (χ0v) is 9.74. The van der Waals surface area contributed by atoms with Crippen molar-refractivity contribution in [1.29, 1.82) is 0 Å². The smallest absolute Gasteiger partial charge is 0.178 e. The summed E-state index contributed by atoms with van der Waals surface area (Å²) in [5.74, 6) is 5.36. The van der Waals surface area contributed by atoms with Crippen LogP contribution in [0, 0.1) is 11.8 Å². The first kappa shape index (κ1) is 12.1. The van der Waals surface area contributed by atoms with E-state index in [-0.39, 0.29) is 19.0 Å². The molecule has 17 heavy (non-hydrogen) atoms. The first-order chi connectivity index (χ1) is 8.27. The molecule has 0 heterocycles. The van der Waals surface area contributed by atoms with Crippen LogP contribution in [0.25, 0.3) is 0 Å². The van der Waals surface area contributed by atoms with Gasteiger partial charge in [-0.3, -0.25) is 4.79 Å². The number of ether oxygens (including phenoxy) is 1. The lowest BCUT2D eigenvalue weighted by Gasteiger charge is -2.38. The minimum absolute atomic E-state index is 0.0440. The zero-order valence-electron chi connectivity index (χ0n) is 9.74. The number of hydrogen-bond donors (Lipinski definition) is 1. The summed E-state index contributed by atoms with van der Waals surface area (Å²) in [7, 11) is 0. The summed E-state index contributed by atoms with van der Waals surface area (Å²) in [5, 5.41) is 8.57. The predicted octanol–water partition coefficient (Wildman–Crippen LogP) is 1.38. The lowest BCUT2D eigenvalue weighted by molar-refractivity contribution is -0.111. The molecular formula is C14H16O3. The predicted molar refractivity (Wildman–Crippen MR) is 64.2 cm³/mol. The molecule has 0 bridgehead atoms. The highest BCUT2D eigenvalue weighted by Crippen LogP contribution is 2.39. The average Bonchev–Trinajstić information content (AvgIpc) is 2.35. The Hall–Kier alpha value is -1.37. The van der Waals surface area contributed by atoms with Crippen LogP contribution in [0.3, 0.4) is 0 Å². The quantitative estimate of drug-likeness (QED) is 0.732. The van der Waals surface area contributed by atoms with Gasteiger partial charge in [0.2, 0.25) is 0 Å². The van der Waals surface area contributed by atoms with Crippen LogP contribution in [0.2, 0.25) is 0 Å². The molecule has 2 aliphatic carbocycles. The summed E-state index contributed by atoms with van der Waals surface area (Å²) >= 11 is 0. The minimum Gasteiger partial charge on any atom is -0.384 e. The highest BCUT2D eigenvalue weighted by Gasteiger charge is 2.37. The molecule has 0 unspecified atom stereocenters. The van der Waals surface area contributed by atoms with Gasteiger partial charge in [-0.1, -0.05) is 11.8 Å². The van der Waals surface area contributed by atoms with Gasteiger partial charge in [-0.05, 0) is 49.5 Å². The van der Waals surface area contributed by atoms with E-state index >= 15 is 0 Å². The summed E-state index contributed by atoms with van der Waals surface area (Å²) in [4.78, 5) is 11.4. The molecule has 0 spiro atoms. The fourth-order valence-corrected chi connectivity index (χ4v) is 2.38. The van der Waals surface area contributed by atoms with Crippen LogP contribution in [0.5, 0.6) is 0 Å². The Balaban J connectivity index is 2.11. The maximum atomic E-state index is 11.4. The molecule has 1 saturated carbocycles. The second-order valence-electron chi connectivity index (χ2n) is 4.30. The number of hydrogen-bond acceptors (Lipinski definition) is 3. The molecule has 0 aromatic carbocycles. The van der Waals surface area contributed by atoms with Crippen molar-refractivity contribution >= 4 is 5.78 Å². The molecule has 1 atom stereocenters. The van der Waals surface area contributed by atoms with Crippen LogP contribution < -0.4 is 0 Å². The Morgan fingerprint density at radius 2 is 2.29 bits per heavy atom. The van der Waals surface area contributed by atoms with Gasteiger partial charge in [0.1, 0.15) is 18.8 Å². The van der Waals surface area contributed by atoms with Crippen molar-refractivity contribution in [2.75, 3.05) is 13.2 Å². The fourth-order valence-electron chi connectivity index (χ4n) is 2.38. The van der Waals surface area contributed by atoms with E-state index in [4.69, 9.17) is 9.84 Å². The SMILES string of the molecule is O=C1C=C[C@@]2(OCC#CCO)CCCCC2=C1. The van der Waals surface area contributed by atoms with Crippen LogP contribution in [0.1, 0.15) is 25.7 Å². The van der Waals surface area contributed by atoms with E-state index in [1.54, 1.807) is 12.2 Å². The third-order valence-corrected chi connectivity index (χ3v) is 3.23. The fraction of sp³-hybridized carbons (Fsp3) is 0.500. The van der Waals surface area contributed by atoms with Gasteiger partial charge in [0.25, 0.3) is 0 Å². The molecule has 3 heteroatoms. The Morgan fingerprint density at radius 1 is 1.41 bits per heavy atom. The Labute approximate surface area is 101 Å². The molecule has 1 fully saturated rings. The highest BCUT2D eigenvalue weighted by atomic mass is 16.5. The van der Waals surface area contributed by atoms with Crippen LogP contribution in [0.4, 0.5) is 0 Å². The monoisotopic (exact) mass is 232 g/mol. The summed E-state index contributed by atoms with van der Waals surface area (Å²) in [6, 6.07) is 0. The van der Waals surface area contributed by atoms with E-state index in [0.29, 0.717) is 0 Å². The summed E-state index contributed by atoms with van der Waals surface area (Å²) in [6.07, 6.45) is 9.17. The average molecular weight is 232 g/mol. The number of fused-ring (bicyclic) bond motifs is 1. The molecule has 0 amide bonds. The second-order valence-corrected chi connectivity index (χ2v) is 4.30. The second kappa shape index (κ2) is 5.31. The molecule has 0 radical (unpaired) electrons. The summed E-state index contributed by atoms with van der Waals surface area (Å²) < 4.78 is 5.83. The van der Waals surface area contributed by atoms with Crippen LogP contribution >= 0.6 is 0 Å². The first-order valence-corrected chi connectivity index (χ1v) is 5.92. The summed E-state index contributed by atoms with van der Waals surface area (Å²) in [6.45, 7) is 0.143. The number of aliphatic hydroxyl groups excluding tert-OH is 1. The van der Waals surface area contributed by atoms with Gasteiger partial charge >= 0.3 is 0 Å². The van der Waals surface area contributed by atoms with E-state index in [0.717, 1.165) is 31.3 Å². The molecule has 2 rings (SSSR count). The molecule has 90 valence electrons. The number of carbonyl (C=O) groups excluding carboxylic acids is 1. The van der Waals surface area contributed by atoms with Crippen LogP contribution in [0.15, 0.2) is 23.8 Å². The van der Waals surface area contributed by atoms with Crippen molar-refractivity contribution in [3.05, 3.63) is 23.8 Å². The standard InChI is InChI=1S/C14H16O3/c15-9-3-4-10-17-14-7-2-1-5-12(14)11-13(16)6-8-14/h6,8,11,15H,1-2,5,7,9-10H2/t14-/m0/s1. The van der Waals surface area contributed by atoms with Gasteiger partial charge in [0.05, 0.1) is 0 Å². The van der Waals surface area contributed by atoms with Crippen molar-refractivity contribution in [3.63, 3.8) is 0 Å². The molecule has 1 N–H and O–H groups in total. The third-order valence-electron chi connectivity index (χ3n) is 3.23. The lowest BCUT2D eigenvalue weighted by Crippen LogP contribution is -2.37. The van der Waals surface area contributed by atoms with Gasteiger partial charge in [0.15, 0.2) is 5.78 Å². The Morgan fingerprint density at radius 3 is 3.12 bits per heavy atom. The summed E-state index contributed by atoms with van der Waals surface area (Å²) in [5.41, 5.74) is 0.651. The van der Waals surface area contributed by atoms with Crippen molar-refractivity contribution in [2.24, 2.45) is 0 Å². The van der Waals surface area contributed by atoms with Crippen molar-refractivity contribution in [3.8, 4) is 11.8 Å². The van der Waals surface area contributed by atoms with E-state index in [9.17, 15) is 4.79 Å². The zero-order chi connectivity index (χ0) is 12.1. The molecule has 0 aromatic rings. The van der Waals surface area contributed by atoms with Crippen molar-refractivity contribution in [1.82, 2.24) is 0 Å². The minimum atomic E-state index is -0.420. The van der Waals surface area contributed by atoms with Gasteiger partial charge in [0, 0.05) is 0 Å². The van der Waals surface area contributed by atoms with Gasteiger partial charge in [-0.2, -0.15) is 0 Å². The maximum Gasteiger partial charge on any atom is 0.178 e. The Bertz CT molecular complexity index is 422. The first-order valence-electron chi connectivity index (χ1n) is 5.92. The normalized spacial score (nSPS) is 26.9. The topological polar surface area (TPSA) is 46.5 Å². The van der Waals surface area contributed by atoms with Crippen molar-refractivity contribution in [2.45, 2.75) is 31.3 Å². The van der Waals surface area contributed by atoms with E-state index in [1.165, 1.54) is 0 Å². The number of rotatable bonds is 2. The molecule has 3 nitrogen and oxygen atoms in total. The number of aliphatic hydroxyl groups is 1. The van der Waals surface area contributed by atoms with Crippen LogP contribution in [-0.4, -0.2) is 29.7 Å². The van der Waals surface area contributed by atoms with E-state index in [2.05, 4.69) is 11.8 Å². The molecule has 2 aliphatic rings. The maximum absolute atomic E-state index is 11.4. The van der Waals surface area contributed by atoms with Crippen molar-refractivity contribution < 1.29 is 14.6 Å². The third kappa shape index (κ3) is 2.66. The molecular weight excluding hydrogens is 216 g/mol. The molecule has 0 saturated heterocycles. The van der Waals surface area contributed by atoms with Crippen LogP contribution in [-0.2, 0) is 9.53 Å². The van der Waals surface area contributed by atoms with Gasteiger partial charge < -0.3 is 9.84 Å². The van der Waals surface area contributed by atoms with E-state index in [1.807, 2.05) is 6.08 Å². The molecule has 0 aromatic heterocycles. The van der Waals surface area contributed by atoms with E-state index < -0.39 is 5.60 Å². The number of allylic oxidation sites excluding steroid dienone is 2. The van der Waals surface area contributed by atoms with Gasteiger partial charge in [-0.15, -0.1) is 0 Å². The highest BCUT2D eigenvalue weighted by molar-refractivity contribution is 6.01. The number of carbonyl (C=O) groups is 1.